The lowest BCUT2D eigenvalue weighted by Crippen LogP contribution is -2.05. The standard InChI is InChI=1S/C24H28N4O4P2S2/c1-27(25-16-19-4-10-22(30-3)11-5-19)33(35)31-23-12-6-20(7-13-23)17-26-28(2)34(36)32-24-14-8-21(18-29)9-15-24/h4-17,29,33,36H,18H2,1-3H3/b25-16+,26-17+. The first kappa shape index (κ1) is 28.0. The molecule has 36 heavy (non-hydrogen) atoms. The predicted molar refractivity (Wildman–Crippen MR) is 155 cm³/mol. The maximum atomic E-state index is 9.13. The Morgan fingerprint density at radius 2 is 1.42 bits per heavy atom. The summed E-state index contributed by atoms with van der Waals surface area (Å²) in [7, 11) is 2.19. The van der Waals surface area contributed by atoms with Crippen molar-refractivity contribution in [3.05, 3.63) is 89.5 Å². The number of rotatable bonds is 12. The second-order valence-corrected chi connectivity index (χ2v) is 12.1. The molecule has 2 atom stereocenters. The maximum Gasteiger partial charge on any atom is 0.271 e. The molecule has 0 aliphatic heterocycles. The van der Waals surface area contributed by atoms with E-state index in [1.807, 2.05) is 48.5 Å². The van der Waals surface area contributed by atoms with Gasteiger partial charge < -0.3 is 18.9 Å². The summed E-state index contributed by atoms with van der Waals surface area (Å²) in [5, 5.41) is 17.9. The minimum absolute atomic E-state index is 0.00608. The van der Waals surface area contributed by atoms with E-state index in [0.717, 1.165) is 22.4 Å². The summed E-state index contributed by atoms with van der Waals surface area (Å²) in [6.07, 6.45) is 3.46. The Morgan fingerprint density at radius 1 is 0.889 bits per heavy atom. The Hall–Kier alpha value is -2.61. The molecule has 1 N–H and O–H groups in total. The number of hydrogen-bond donors (Lipinski definition) is 2. The summed E-state index contributed by atoms with van der Waals surface area (Å²) in [6.45, 7) is -0.00608. The van der Waals surface area contributed by atoms with Crippen LogP contribution < -0.4 is 13.8 Å². The zero-order valence-electron chi connectivity index (χ0n) is 20.1. The van der Waals surface area contributed by atoms with Gasteiger partial charge in [0, 0.05) is 14.1 Å². The summed E-state index contributed by atoms with van der Waals surface area (Å²) in [5.41, 5.74) is 2.65. The van der Waals surface area contributed by atoms with Crippen LogP contribution in [0.3, 0.4) is 0 Å². The zero-order chi connectivity index (χ0) is 25.9. The maximum absolute atomic E-state index is 9.13. The molecule has 0 heterocycles. The van der Waals surface area contributed by atoms with Gasteiger partial charge in [0.15, 0.2) is 0 Å². The molecule has 190 valence electrons. The highest BCUT2D eigenvalue weighted by Gasteiger charge is 2.11. The van der Waals surface area contributed by atoms with Gasteiger partial charge in [-0.2, -0.15) is 10.2 Å². The van der Waals surface area contributed by atoms with Crippen molar-refractivity contribution in [3.63, 3.8) is 0 Å². The Labute approximate surface area is 223 Å². The fourth-order valence-electron chi connectivity index (χ4n) is 2.68. The van der Waals surface area contributed by atoms with Gasteiger partial charge in [-0.15, -0.1) is 0 Å². The SMILES string of the molecule is COc1ccc(/C=N/N(C)[PH](=S)Oc2ccc(/C=N/N(C)P(S)Oc3ccc(CO)cc3)cc2)cc1. The molecule has 3 aromatic carbocycles. The van der Waals surface area contributed by atoms with Crippen LogP contribution in [0.2, 0.25) is 0 Å². The lowest BCUT2D eigenvalue weighted by atomic mass is 10.2. The monoisotopic (exact) mass is 562 g/mol. The Morgan fingerprint density at radius 3 is 1.97 bits per heavy atom. The number of hydrazone groups is 2. The lowest BCUT2D eigenvalue weighted by molar-refractivity contribution is 0.282. The molecule has 8 nitrogen and oxygen atoms in total. The number of hydrogen-bond acceptors (Lipinski definition) is 9. The van der Waals surface area contributed by atoms with Crippen LogP contribution in [0.15, 0.2) is 83.0 Å². The molecule has 3 aromatic rings. The summed E-state index contributed by atoms with van der Waals surface area (Å²) >= 11 is 10.0. The Balaban J connectivity index is 1.49. The first-order valence-electron chi connectivity index (χ1n) is 10.8. The van der Waals surface area contributed by atoms with Crippen molar-refractivity contribution in [1.82, 2.24) is 9.56 Å². The quantitative estimate of drug-likeness (QED) is 0.130. The van der Waals surface area contributed by atoms with Crippen LogP contribution in [-0.4, -0.2) is 48.3 Å². The van der Waals surface area contributed by atoms with Crippen molar-refractivity contribution in [2.75, 3.05) is 21.2 Å². The van der Waals surface area contributed by atoms with E-state index in [2.05, 4.69) is 22.5 Å². The topological polar surface area (TPSA) is 79.1 Å². The molecular formula is C24H28N4O4P2S2. The third-order valence-electron chi connectivity index (χ3n) is 4.76. The average molecular weight is 563 g/mol. The molecule has 3 rings (SSSR count). The number of aliphatic hydroxyl groups excluding tert-OH is 1. The van der Waals surface area contributed by atoms with Gasteiger partial charge in [0.2, 0.25) is 7.07 Å². The molecule has 0 amide bonds. The summed E-state index contributed by atoms with van der Waals surface area (Å²) in [5.74, 6) is 2.13. The molecule has 0 saturated heterocycles. The van der Waals surface area contributed by atoms with Crippen LogP contribution in [0.1, 0.15) is 16.7 Å². The van der Waals surface area contributed by atoms with Crippen LogP contribution in [0.4, 0.5) is 0 Å². The fraction of sp³-hybridized carbons (Fsp3) is 0.167. The van der Waals surface area contributed by atoms with Crippen LogP contribution in [0, 0.1) is 0 Å². The molecule has 0 aliphatic rings. The zero-order valence-corrected chi connectivity index (χ0v) is 23.7. The summed E-state index contributed by atoms with van der Waals surface area (Å²) in [4.78, 5) is 0. The molecule has 0 fully saturated rings. The van der Waals surface area contributed by atoms with Gasteiger partial charge in [-0.25, -0.2) is 9.56 Å². The predicted octanol–water partition coefficient (Wildman–Crippen LogP) is 5.54. The molecule has 2 unspecified atom stereocenters. The van der Waals surface area contributed by atoms with E-state index in [9.17, 15) is 0 Å². The normalized spacial score (nSPS) is 12.9. The number of thiol groups is 1. The molecule has 0 spiro atoms. The second-order valence-electron chi connectivity index (χ2n) is 7.36. The number of benzene rings is 3. The van der Waals surface area contributed by atoms with Gasteiger partial charge in [0.1, 0.15) is 17.2 Å². The van der Waals surface area contributed by atoms with Crippen molar-refractivity contribution in [2.45, 2.75) is 6.61 Å². The summed E-state index contributed by atoms with van der Waals surface area (Å²) < 4.78 is 20.2. The molecule has 0 aromatic heterocycles. The van der Waals surface area contributed by atoms with Crippen molar-refractivity contribution >= 4 is 51.1 Å². The average Bonchev–Trinajstić information content (AvgIpc) is 2.91. The minimum atomic E-state index is -1.77. The van der Waals surface area contributed by atoms with E-state index in [4.69, 9.17) is 30.7 Å². The number of nitrogens with zero attached hydrogens (tertiary/aromatic N) is 4. The molecular weight excluding hydrogens is 534 g/mol. The largest absolute Gasteiger partial charge is 0.497 e. The highest BCUT2D eigenvalue weighted by Crippen LogP contribution is 2.45. The number of methoxy groups -OCH3 is 1. The van der Waals surface area contributed by atoms with Gasteiger partial charge in [0.05, 0.1) is 26.1 Å². The van der Waals surface area contributed by atoms with E-state index in [0.29, 0.717) is 11.5 Å². The second kappa shape index (κ2) is 14.2. The third-order valence-corrected chi connectivity index (χ3v) is 8.85. The highest BCUT2D eigenvalue weighted by atomic mass is 32.7. The van der Waals surface area contributed by atoms with Crippen LogP contribution in [0.25, 0.3) is 0 Å². The van der Waals surface area contributed by atoms with Crippen molar-refractivity contribution < 1.29 is 18.9 Å². The number of ether oxygens (including phenoxy) is 1. The number of aliphatic hydroxyl groups is 1. The van der Waals surface area contributed by atoms with Crippen molar-refractivity contribution in [3.8, 4) is 17.2 Å². The lowest BCUT2D eigenvalue weighted by Gasteiger charge is -2.20. The minimum Gasteiger partial charge on any atom is -0.497 e. The van der Waals surface area contributed by atoms with E-state index < -0.39 is 14.6 Å². The van der Waals surface area contributed by atoms with Gasteiger partial charge >= 0.3 is 0 Å². The molecule has 0 bridgehead atoms. The van der Waals surface area contributed by atoms with Gasteiger partial charge in [-0.05, 0) is 89.2 Å². The molecule has 0 aliphatic carbocycles. The van der Waals surface area contributed by atoms with Gasteiger partial charge in [-0.3, -0.25) is 0 Å². The first-order chi connectivity index (χ1) is 17.4. The van der Waals surface area contributed by atoms with Crippen molar-refractivity contribution in [2.24, 2.45) is 10.2 Å². The third kappa shape index (κ3) is 8.80. The van der Waals surface area contributed by atoms with E-state index in [1.165, 1.54) is 0 Å². The molecule has 0 radical (unpaired) electrons. The Bertz CT molecular complexity index is 1180. The van der Waals surface area contributed by atoms with Gasteiger partial charge in [0.25, 0.3) is 7.50 Å². The van der Waals surface area contributed by atoms with Crippen LogP contribution >= 0.6 is 26.8 Å². The van der Waals surface area contributed by atoms with E-state index in [1.54, 1.807) is 67.5 Å². The first-order valence-corrected chi connectivity index (χ1v) is 15.6. The molecule has 0 saturated carbocycles. The summed E-state index contributed by atoms with van der Waals surface area (Å²) in [6, 6.07) is 22.3. The van der Waals surface area contributed by atoms with E-state index in [-0.39, 0.29) is 6.61 Å². The van der Waals surface area contributed by atoms with E-state index >= 15 is 0 Å². The Kier molecular flexibility index (Phi) is 11.0. The van der Waals surface area contributed by atoms with Gasteiger partial charge in [-0.1, -0.05) is 24.4 Å². The van der Waals surface area contributed by atoms with Crippen LogP contribution in [-0.2, 0) is 18.4 Å². The van der Waals surface area contributed by atoms with Crippen LogP contribution in [0.5, 0.6) is 17.2 Å². The molecule has 12 heteroatoms. The smallest absolute Gasteiger partial charge is 0.271 e. The highest BCUT2D eigenvalue weighted by molar-refractivity contribution is 8.42. The van der Waals surface area contributed by atoms with Crippen molar-refractivity contribution in [1.29, 1.82) is 0 Å². The fourth-order valence-corrected chi connectivity index (χ4v) is 4.72.